The number of anilines is 1. The molecule has 0 saturated carbocycles. The average Bonchev–Trinajstić information content (AvgIpc) is 2.70. The van der Waals surface area contributed by atoms with Crippen LogP contribution in [0, 0.1) is 0 Å². The molecule has 72 valence electrons. The molecule has 0 bridgehead atoms. The monoisotopic (exact) mass is 189 g/mol. The Hall–Kier alpha value is -1.90. The number of nitrogens with two attached hydrogens (primary N) is 1. The Bertz CT molecular complexity index is 421. The van der Waals surface area contributed by atoms with Gasteiger partial charge in [-0.2, -0.15) is 0 Å². The van der Waals surface area contributed by atoms with E-state index in [1.54, 1.807) is 19.4 Å². The molecule has 1 aromatic carbocycles. The van der Waals surface area contributed by atoms with Crippen molar-refractivity contribution < 1.29 is 9.15 Å². The molecule has 0 aliphatic rings. The maximum Gasteiger partial charge on any atom is 0.137 e. The van der Waals surface area contributed by atoms with Crippen molar-refractivity contribution in [3.63, 3.8) is 0 Å². The molecule has 2 aromatic rings. The lowest BCUT2D eigenvalue weighted by molar-refractivity contribution is 0.414. The second-order valence-corrected chi connectivity index (χ2v) is 2.94. The van der Waals surface area contributed by atoms with Crippen LogP contribution in [0.1, 0.15) is 0 Å². The predicted molar refractivity (Wildman–Crippen MR) is 55.1 cm³/mol. The lowest BCUT2D eigenvalue weighted by atomic mass is 10.1. The van der Waals surface area contributed by atoms with E-state index in [9.17, 15) is 0 Å². The van der Waals surface area contributed by atoms with Crippen molar-refractivity contribution >= 4 is 5.69 Å². The van der Waals surface area contributed by atoms with Crippen LogP contribution in [0.5, 0.6) is 5.75 Å². The Morgan fingerprint density at radius 2 is 2.14 bits per heavy atom. The largest absolute Gasteiger partial charge is 0.496 e. The van der Waals surface area contributed by atoms with E-state index in [4.69, 9.17) is 14.9 Å². The van der Waals surface area contributed by atoms with Gasteiger partial charge in [0.05, 0.1) is 18.9 Å². The molecule has 1 aromatic heterocycles. The van der Waals surface area contributed by atoms with Crippen LogP contribution in [0.2, 0.25) is 0 Å². The van der Waals surface area contributed by atoms with Crippen molar-refractivity contribution in [2.75, 3.05) is 12.8 Å². The Labute approximate surface area is 82.1 Å². The maximum atomic E-state index is 5.69. The summed E-state index contributed by atoms with van der Waals surface area (Å²) in [6, 6.07) is 9.16. The molecule has 0 unspecified atom stereocenters. The van der Waals surface area contributed by atoms with Crippen LogP contribution in [0.25, 0.3) is 11.3 Å². The highest BCUT2D eigenvalue weighted by Gasteiger charge is 2.07. The van der Waals surface area contributed by atoms with E-state index in [0.29, 0.717) is 5.69 Å². The highest BCUT2D eigenvalue weighted by Crippen LogP contribution is 2.31. The molecule has 0 spiro atoms. The van der Waals surface area contributed by atoms with Gasteiger partial charge in [0, 0.05) is 5.69 Å². The van der Waals surface area contributed by atoms with Crippen LogP contribution in [-0.4, -0.2) is 7.11 Å². The fraction of sp³-hybridized carbons (Fsp3) is 0.0909. The number of nitrogen functional groups attached to an aromatic ring is 1. The first-order valence-corrected chi connectivity index (χ1v) is 4.28. The minimum absolute atomic E-state index is 0.692. The molecule has 0 radical (unpaired) electrons. The summed E-state index contributed by atoms with van der Waals surface area (Å²) in [6.07, 6.45) is 1.62. The highest BCUT2D eigenvalue weighted by molar-refractivity contribution is 5.70. The molecule has 0 atom stereocenters. The van der Waals surface area contributed by atoms with Crippen LogP contribution in [0.4, 0.5) is 5.69 Å². The normalized spacial score (nSPS) is 10.1. The van der Waals surface area contributed by atoms with Gasteiger partial charge in [-0.25, -0.2) is 0 Å². The average molecular weight is 189 g/mol. The van der Waals surface area contributed by atoms with Crippen molar-refractivity contribution in [1.29, 1.82) is 0 Å². The van der Waals surface area contributed by atoms with Crippen LogP contribution in [0.3, 0.4) is 0 Å². The summed E-state index contributed by atoms with van der Waals surface area (Å²) in [6.45, 7) is 0. The molecule has 0 aliphatic heterocycles. The third kappa shape index (κ3) is 1.44. The summed E-state index contributed by atoms with van der Waals surface area (Å²) in [5, 5.41) is 0. The number of hydrogen-bond donors (Lipinski definition) is 1. The third-order valence-electron chi connectivity index (χ3n) is 2.01. The van der Waals surface area contributed by atoms with Gasteiger partial charge in [-0.1, -0.05) is 0 Å². The standard InChI is InChI=1S/C11H11NO2/c1-13-10-5-4-8(12)7-9(10)11-3-2-6-14-11/h2-7H,12H2,1H3. The van der Waals surface area contributed by atoms with Gasteiger partial charge in [-0.15, -0.1) is 0 Å². The fourth-order valence-electron chi connectivity index (χ4n) is 1.35. The minimum atomic E-state index is 0.692. The number of benzene rings is 1. The summed E-state index contributed by atoms with van der Waals surface area (Å²) in [5.41, 5.74) is 7.26. The molecule has 3 nitrogen and oxygen atoms in total. The fourth-order valence-corrected chi connectivity index (χ4v) is 1.35. The second-order valence-electron chi connectivity index (χ2n) is 2.94. The third-order valence-corrected chi connectivity index (χ3v) is 2.01. The summed E-state index contributed by atoms with van der Waals surface area (Å²) in [7, 11) is 1.62. The van der Waals surface area contributed by atoms with Crippen molar-refractivity contribution in [2.45, 2.75) is 0 Å². The van der Waals surface area contributed by atoms with Gasteiger partial charge >= 0.3 is 0 Å². The number of hydrogen-bond acceptors (Lipinski definition) is 3. The van der Waals surface area contributed by atoms with Gasteiger partial charge in [-0.05, 0) is 30.3 Å². The lowest BCUT2D eigenvalue weighted by Crippen LogP contribution is -1.90. The zero-order valence-corrected chi connectivity index (χ0v) is 7.86. The molecule has 1 heterocycles. The number of furan rings is 1. The summed E-state index contributed by atoms with van der Waals surface area (Å²) in [4.78, 5) is 0. The van der Waals surface area contributed by atoms with Crippen molar-refractivity contribution in [2.24, 2.45) is 0 Å². The predicted octanol–water partition coefficient (Wildman–Crippen LogP) is 2.54. The molecule has 14 heavy (non-hydrogen) atoms. The van der Waals surface area contributed by atoms with Crippen molar-refractivity contribution in [1.82, 2.24) is 0 Å². The first-order valence-electron chi connectivity index (χ1n) is 4.28. The molecule has 0 aliphatic carbocycles. The molecular weight excluding hydrogens is 178 g/mol. The molecule has 0 saturated heterocycles. The number of rotatable bonds is 2. The maximum absolute atomic E-state index is 5.69. The van der Waals surface area contributed by atoms with E-state index >= 15 is 0 Å². The summed E-state index contributed by atoms with van der Waals surface area (Å²) >= 11 is 0. The molecule has 2 N–H and O–H groups in total. The van der Waals surface area contributed by atoms with Crippen molar-refractivity contribution in [3.05, 3.63) is 36.6 Å². The van der Waals surface area contributed by atoms with Gasteiger partial charge in [0.25, 0.3) is 0 Å². The van der Waals surface area contributed by atoms with Gasteiger partial charge in [0.15, 0.2) is 0 Å². The van der Waals surface area contributed by atoms with Crippen LogP contribution < -0.4 is 10.5 Å². The first-order chi connectivity index (χ1) is 6.81. The van der Waals surface area contributed by atoms with Crippen LogP contribution >= 0.6 is 0 Å². The summed E-state index contributed by atoms with van der Waals surface area (Å²) < 4.78 is 10.5. The molecule has 3 heteroatoms. The van der Waals surface area contributed by atoms with Crippen LogP contribution in [0.15, 0.2) is 41.0 Å². The van der Waals surface area contributed by atoms with Gasteiger partial charge in [0.2, 0.25) is 0 Å². The van der Waals surface area contributed by atoms with E-state index < -0.39 is 0 Å². The van der Waals surface area contributed by atoms with E-state index in [1.165, 1.54) is 0 Å². The molecule has 0 fully saturated rings. The topological polar surface area (TPSA) is 48.4 Å². The Morgan fingerprint density at radius 3 is 2.79 bits per heavy atom. The van der Waals surface area contributed by atoms with Gasteiger partial charge < -0.3 is 14.9 Å². The van der Waals surface area contributed by atoms with Gasteiger partial charge in [-0.3, -0.25) is 0 Å². The Kier molecular flexibility index (Phi) is 2.14. The zero-order chi connectivity index (χ0) is 9.97. The Balaban J connectivity index is 2.55. The SMILES string of the molecule is COc1ccc(N)cc1-c1ccco1. The van der Waals surface area contributed by atoms with E-state index in [1.807, 2.05) is 24.3 Å². The molecule has 0 amide bonds. The van der Waals surface area contributed by atoms with Gasteiger partial charge in [0.1, 0.15) is 11.5 Å². The molecule has 2 rings (SSSR count). The zero-order valence-electron chi connectivity index (χ0n) is 7.86. The van der Waals surface area contributed by atoms with E-state index in [0.717, 1.165) is 17.1 Å². The first kappa shape index (κ1) is 8.69. The summed E-state index contributed by atoms with van der Waals surface area (Å²) in [5.74, 6) is 1.52. The highest BCUT2D eigenvalue weighted by atomic mass is 16.5. The van der Waals surface area contributed by atoms with Crippen molar-refractivity contribution in [3.8, 4) is 17.1 Å². The van der Waals surface area contributed by atoms with E-state index in [2.05, 4.69) is 0 Å². The molecular formula is C11H11NO2. The number of methoxy groups -OCH3 is 1. The number of ether oxygens (including phenoxy) is 1. The lowest BCUT2D eigenvalue weighted by Gasteiger charge is -2.06. The smallest absolute Gasteiger partial charge is 0.137 e. The van der Waals surface area contributed by atoms with Crippen LogP contribution in [-0.2, 0) is 0 Å². The quantitative estimate of drug-likeness (QED) is 0.738. The Morgan fingerprint density at radius 1 is 1.29 bits per heavy atom. The van der Waals surface area contributed by atoms with E-state index in [-0.39, 0.29) is 0 Å². The minimum Gasteiger partial charge on any atom is -0.496 e. The second kappa shape index (κ2) is 3.46.